The molecule has 106 valence electrons. The largest absolute Gasteiger partial charge is 0.344 e. The van der Waals surface area contributed by atoms with E-state index in [1.54, 1.807) is 6.07 Å². The Bertz CT molecular complexity index is 673. The molecule has 0 saturated heterocycles. The third-order valence-electron chi connectivity index (χ3n) is 3.12. The molecular weight excluding hydrogens is 264 g/mol. The lowest BCUT2D eigenvalue weighted by Gasteiger charge is -2.16. The Hall–Kier alpha value is -2.74. The van der Waals surface area contributed by atoms with Crippen molar-refractivity contribution in [3.8, 4) is 6.07 Å². The Balaban J connectivity index is 2.14. The Morgan fingerprint density at radius 3 is 2.76 bits per heavy atom. The zero-order chi connectivity index (χ0) is 15.2. The van der Waals surface area contributed by atoms with Crippen LogP contribution in [0.15, 0.2) is 36.5 Å². The van der Waals surface area contributed by atoms with Gasteiger partial charge in [-0.2, -0.15) is 5.26 Å². The van der Waals surface area contributed by atoms with Crippen molar-refractivity contribution >= 4 is 5.91 Å². The van der Waals surface area contributed by atoms with Crippen LogP contribution in [0.2, 0.25) is 0 Å². The average Bonchev–Trinajstić information content (AvgIpc) is 2.52. The summed E-state index contributed by atoms with van der Waals surface area (Å²) in [7, 11) is 0. The molecule has 5 nitrogen and oxygen atoms in total. The normalized spacial score (nSPS) is 11.5. The Kier molecular flexibility index (Phi) is 4.62. The quantitative estimate of drug-likeness (QED) is 0.933. The van der Waals surface area contributed by atoms with Gasteiger partial charge in [0.2, 0.25) is 0 Å². The van der Waals surface area contributed by atoms with Crippen LogP contribution in [-0.2, 0) is 0 Å². The summed E-state index contributed by atoms with van der Waals surface area (Å²) in [6.45, 7) is 3.91. The van der Waals surface area contributed by atoms with Crippen molar-refractivity contribution in [1.82, 2.24) is 15.3 Å². The predicted molar refractivity (Wildman–Crippen MR) is 78.4 cm³/mol. The van der Waals surface area contributed by atoms with Gasteiger partial charge < -0.3 is 5.32 Å². The molecule has 0 spiro atoms. The Morgan fingerprint density at radius 2 is 2.19 bits per heavy atom. The molecule has 0 radical (unpaired) electrons. The third kappa shape index (κ3) is 3.63. The SMILES string of the molecule is CCC(NC(=O)c1ccc(C#N)nc1)c1cccc(C)n1. The maximum atomic E-state index is 12.2. The molecule has 5 heteroatoms. The molecule has 0 aliphatic heterocycles. The summed E-state index contributed by atoms with van der Waals surface area (Å²) >= 11 is 0. The number of nitrogens with zero attached hydrogens (tertiary/aromatic N) is 3. The molecule has 0 fully saturated rings. The summed E-state index contributed by atoms with van der Waals surface area (Å²) in [6, 6.07) is 10.6. The van der Waals surface area contributed by atoms with Gasteiger partial charge in [-0.1, -0.05) is 13.0 Å². The number of carbonyl (C=O) groups excluding carboxylic acids is 1. The number of carbonyl (C=O) groups is 1. The molecule has 0 aliphatic carbocycles. The van der Waals surface area contributed by atoms with E-state index in [4.69, 9.17) is 5.26 Å². The number of hydrogen-bond donors (Lipinski definition) is 1. The fourth-order valence-electron chi connectivity index (χ4n) is 1.98. The molecule has 1 amide bonds. The average molecular weight is 280 g/mol. The minimum atomic E-state index is -0.220. The van der Waals surface area contributed by atoms with E-state index in [2.05, 4.69) is 15.3 Å². The molecule has 2 heterocycles. The van der Waals surface area contributed by atoms with Crippen LogP contribution in [0.4, 0.5) is 0 Å². The van der Waals surface area contributed by atoms with E-state index >= 15 is 0 Å². The van der Waals surface area contributed by atoms with Gasteiger partial charge in [-0.3, -0.25) is 9.78 Å². The molecule has 1 N–H and O–H groups in total. The van der Waals surface area contributed by atoms with E-state index in [1.807, 2.05) is 38.1 Å². The first-order chi connectivity index (χ1) is 10.1. The van der Waals surface area contributed by atoms with E-state index in [0.29, 0.717) is 11.3 Å². The van der Waals surface area contributed by atoms with Crippen molar-refractivity contribution in [2.75, 3.05) is 0 Å². The number of nitrogens with one attached hydrogen (secondary N) is 1. The van der Waals surface area contributed by atoms with E-state index in [1.165, 1.54) is 12.3 Å². The van der Waals surface area contributed by atoms with Crippen molar-refractivity contribution in [3.05, 3.63) is 59.2 Å². The summed E-state index contributed by atoms with van der Waals surface area (Å²) in [6.07, 6.45) is 2.15. The second-order valence-electron chi connectivity index (χ2n) is 4.68. The van der Waals surface area contributed by atoms with Crippen molar-refractivity contribution in [3.63, 3.8) is 0 Å². The molecule has 0 saturated carbocycles. The van der Waals surface area contributed by atoms with E-state index in [-0.39, 0.29) is 11.9 Å². The van der Waals surface area contributed by atoms with E-state index in [9.17, 15) is 4.79 Å². The molecule has 0 bridgehead atoms. The van der Waals surface area contributed by atoms with Crippen LogP contribution in [0, 0.1) is 18.3 Å². The first kappa shape index (κ1) is 14.7. The van der Waals surface area contributed by atoms with Crippen molar-refractivity contribution in [2.24, 2.45) is 0 Å². The van der Waals surface area contributed by atoms with Gasteiger partial charge in [-0.25, -0.2) is 4.98 Å². The van der Waals surface area contributed by atoms with Gasteiger partial charge in [0.25, 0.3) is 5.91 Å². The van der Waals surface area contributed by atoms with Crippen LogP contribution in [-0.4, -0.2) is 15.9 Å². The smallest absolute Gasteiger partial charge is 0.253 e. The molecule has 2 aromatic rings. The number of pyridine rings is 2. The maximum Gasteiger partial charge on any atom is 0.253 e. The van der Waals surface area contributed by atoms with Gasteiger partial charge in [-0.15, -0.1) is 0 Å². The van der Waals surface area contributed by atoms with Gasteiger partial charge in [0, 0.05) is 11.9 Å². The summed E-state index contributed by atoms with van der Waals surface area (Å²) < 4.78 is 0. The highest BCUT2D eigenvalue weighted by molar-refractivity contribution is 5.94. The van der Waals surface area contributed by atoms with Crippen LogP contribution in [0.5, 0.6) is 0 Å². The van der Waals surface area contributed by atoms with E-state index in [0.717, 1.165) is 17.8 Å². The summed E-state index contributed by atoms with van der Waals surface area (Å²) in [5, 5.41) is 11.6. The fourth-order valence-corrected chi connectivity index (χ4v) is 1.98. The maximum absolute atomic E-state index is 12.2. The van der Waals surface area contributed by atoms with Gasteiger partial charge in [0.1, 0.15) is 11.8 Å². The third-order valence-corrected chi connectivity index (χ3v) is 3.12. The lowest BCUT2D eigenvalue weighted by molar-refractivity contribution is 0.0934. The highest BCUT2D eigenvalue weighted by atomic mass is 16.1. The molecular formula is C16H16N4O. The number of aromatic nitrogens is 2. The molecule has 21 heavy (non-hydrogen) atoms. The Morgan fingerprint density at radius 1 is 1.38 bits per heavy atom. The second kappa shape index (κ2) is 6.62. The monoisotopic (exact) mass is 280 g/mol. The number of rotatable bonds is 4. The molecule has 1 atom stereocenters. The first-order valence-electron chi connectivity index (χ1n) is 6.74. The zero-order valence-corrected chi connectivity index (χ0v) is 12.0. The molecule has 2 aromatic heterocycles. The predicted octanol–water partition coefficient (Wildman–Crippen LogP) is 2.54. The van der Waals surface area contributed by atoms with Gasteiger partial charge in [0.15, 0.2) is 0 Å². The second-order valence-corrected chi connectivity index (χ2v) is 4.68. The zero-order valence-electron chi connectivity index (χ0n) is 12.0. The topological polar surface area (TPSA) is 78.7 Å². The number of aryl methyl sites for hydroxylation is 1. The standard InChI is InChI=1S/C16H16N4O/c1-3-14(15-6-4-5-11(2)19-15)20-16(21)12-7-8-13(9-17)18-10-12/h4-8,10,14H,3H2,1-2H3,(H,20,21). The van der Waals surface area contributed by atoms with Crippen LogP contribution < -0.4 is 5.32 Å². The minimum absolute atomic E-state index is 0.145. The highest BCUT2D eigenvalue weighted by Crippen LogP contribution is 2.15. The number of hydrogen-bond acceptors (Lipinski definition) is 4. The Labute approximate surface area is 123 Å². The first-order valence-corrected chi connectivity index (χ1v) is 6.74. The molecule has 1 unspecified atom stereocenters. The number of nitriles is 1. The van der Waals surface area contributed by atoms with Crippen molar-refractivity contribution in [2.45, 2.75) is 26.3 Å². The fraction of sp³-hybridized carbons (Fsp3) is 0.250. The lowest BCUT2D eigenvalue weighted by atomic mass is 10.1. The number of amides is 1. The van der Waals surface area contributed by atoms with E-state index < -0.39 is 0 Å². The summed E-state index contributed by atoms with van der Waals surface area (Å²) in [5.41, 5.74) is 2.48. The van der Waals surface area contributed by atoms with Crippen LogP contribution >= 0.6 is 0 Å². The lowest BCUT2D eigenvalue weighted by Crippen LogP contribution is -2.29. The summed E-state index contributed by atoms with van der Waals surface area (Å²) in [5.74, 6) is -0.220. The van der Waals surface area contributed by atoms with Gasteiger partial charge in [-0.05, 0) is 37.6 Å². The highest BCUT2D eigenvalue weighted by Gasteiger charge is 2.15. The van der Waals surface area contributed by atoms with Crippen LogP contribution in [0.25, 0.3) is 0 Å². The van der Waals surface area contributed by atoms with Gasteiger partial charge >= 0.3 is 0 Å². The van der Waals surface area contributed by atoms with Crippen LogP contribution in [0.1, 0.15) is 46.8 Å². The molecule has 2 rings (SSSR count). The van der Waals surface area contributed by atoms with Crippen molar-refractivity contribution < 1.29 is 4.79 Å². The molecule has 0 aromatic carbocycles. The summed E-state index contributed by atoms with van der Waals surface area (Å²) in [4.78, 5) is 20.6. The van der Waals surface area contributed by atoms with Gasteiger partial charge in [0.05, 0.1) is 17.3 Å². The van der Waals surface area contributed by atoms with Crippen molar-refractivity contribution in [1.29, 1.82) is 5.26 Å². The molecule has 0 aliphatic rings. The van der Waals surface area contributed by atoms with Crippen LogP contribution in [0.3, 0.4) is 0 Å². The minimum Gasteiger partial charge on any atom is -0.344 e.